The fourth-order valence-electron chi connectivity index (χ4n) is 2.44. The third-order valence-electron chi connectivity index (χ3n) is 3.60. The van der Waals surface area contributed by atoms with Gasteiger partial charge in [0, 0.05) is 18.9 Å². The number of benzene rings is 1. The molecule has 0 spiro atoms. The molecule has 0 aliphatic rings. The largest absolute Gasteiger partial charge is 0.383 e. The average Bonchev–Trinajstić information content (AvgIpc) is 3.00. The molecule has 1 heterocycles. The molecule has 1 N–H and O–H groups in total. The molecule has 0 saturated heterocycles. The van der Waals surface area contributed by atoms with Crippen LogP contribution in [0.3, 0.4) is 0 Å². The number of nitrogens with one attached hydrogen (secondary N) is 1. The van der Waals surface area contributed by atoms with Crippen LogP contribution in [0.5, 0.6) is 0 Å². The van der Waals surface area contributed by atoms with Gasteiger partial charge in [0.25, 0.3) is 0 Å². The van der Waals surface area contributed by atoms with E-state index in [1.807, 2.05) is 22.9 Å². The van der Waals surface area contributed by atoms with E-state index in [0.29, 0.717) is 0 Å². The van der Waals surface area contributed by atoms with Gasteiger partial charge in [-0.1, -0.05) is 56.7 Å². The highest BCUT2D eigenvalue weighted by molar-refractivity contribution is 6.33. The third kappa shape index (κ3) is 4.78. The SMILES string of the molecule is CCCCCCCCNc1cccc(Cl)c1-n1ccnc1. The molecule has 0 saturated carbocycles. The van der Waals surface area contributed by atoms with Crippen LogP contribution in [0.2, 0.25) is 5.02 Å². The first-order chi connectivity index (χ1) is 10.3. The van der Waals surface area contributed by atoms with Crippen LogP contribution in [0, 0.1) is 0 Å². The number of rotatable bonds is 9. The van der Waals surface area contributed by atoms with Crippen LogP contribution in [0.25, 0.3) is 5.69 Å². The van der Waals surface area contributed by atoms with E-state index in [1.54, 1.807) is 12.5 Å². The molecule has 4 heteroatoms. The minimum Gasteiger partial charge on any atom is -0.383 e. The fraction of sp³-hybridized carbons (Fsp3) is 0.471. The zero-order valence-electron chi connectivity index (χ0n) is 12.7. The van der Waals surface area contributed by atoms with Gasteiger partial charge in [0.2, 0.25) is 0 Å². The standard InChI is InChI=1S/C17H24ClN3/c1-2-3-4-5-6-7-11-20-16-10-8-9-15(18)17(16)21-13-12-19-14-21/h8-10,12-14,20H,2-7,11H2,1H3. The van der Waals surface area contributed by atoms with Crippen molar-refractivity contribution >= 4 is 17.3 Å². The van der Waals surface area contributed by atoms with Crippen LogP contribution >= 0.6 is 11.6 Å². The van der Waals surface area contributed by atoms with Crippen molar-refractivity contribution < 1.29 is 0 Å². The number of anilines is 1. The minimum absolute atomic E-state index is 0.737. The molecule has 0 unspecified atom stereocenters. The smallest absolute Gasteiger partial charge is 0.0992 e. The minimum atomic E-state index is 0.737. The normalized spacial score (nSPS) is 10.8. The molecular formula is C17H24ClN3. The fourth-order valence-corrected chi connectivity index (χ4v) is 2.71. The molecule has 114 valence electrons. The number of nitrogens with zero attached hydrogens (tertiary/aromatic N) is 2. The summed E-state index contributed by atoms with van der Waals surface area (Å²) in [5.74, 6) is 0. The molecule has 0 amide bonds. The predicted octanol–water partition coefficient (Wildman–Crippen LogP) is 5.30. The van der Waals surface area contributed by atoms with E-state index in [2.05, 4.69) is 23.3 Å². The monoisotopic (exact) mass is 305 g/mol. The van der Waals surface area contributed by atoms with Gasteiger partial charge in [-0.2, -0.15) is 0 Å². The maximum Gasteiger partial charge on any atom is 0.0992 e. The lowest BCUT2D eigenvalue weighted by atomic mass is 10.1. The molecule has 0 radical (unpaired) electrons. The number of imidazole rings is 1. The number of unbranched alkanes of at least 4 members (excludes halogenated alkanes) is 5. The topological polar surface area (TPSA) is 29.9 Å². The Hall–Kier alpha value is -1.48. The van der Waals surface area contributed by atoms with E-state index < -0.39 is 0 Å². The van der Waals surface area contributed by atoms with Crippen molar-refractivity contribution in [1.82, 2.24) is 9.55 Å². The second-order valence-corrected chi connectivity index (χ2v) is 5.71. The molecular weight excluding hydrogens is 282 g/mol. The molecule has 2 aromatic rings. The van der Waals surface area contributed by atoms with Gasteiger partial charge < -0.3 is 9.88 Å². The van der Waals surface area contributed by atoms with Gasteiger partial charge in [0.1, 0.15) is 0 Å². The molecule has 3 nitrogen and oxygen atoms in total. The van der Waals surface area contributed by atoms with Crippen LogP contribution in [0.4, 0.5) is 5.69 Å². The zero-order valence-corrected chi connectivity index (χ0v) is 13.4. The Morgan fingerprint density at radius 3 is 2.71 bits per heavy atom. The highest BCUT2D eigenvalue weighted by Gasteiger charge is 2.08. The van der Waals surface area contributed by atoms with E-state index in [0.717, 1.165) is 22.9 Å². The Morgan fingerprint density at radius 1 is 1.14 bits per heavy atom. The lowest BCUT2D eigenvalue weighted by molar-refractivity contribution is 0.617. The lowest BCUT2D eigenvalue weighted by Crippen LogP contribution is -2.05. The summed E-state index contributed by atoms with van der Waals surface area (Å²) in [6, 6.07) is 5.96. The molecule has 1 aromatic carbocycles. The summed E-state index contributed by atoms with van der Waals surface area (Å²) in [5, 5.41) is 4.24. The van der Waals surface area contributed by atoms with E-state index in [1.165, 1.54) is 38.5 Å². The van der Waals surface area contributed by atoms with Gasteiger partial charge in [0.15, 0.2) is 0 Å². The number of aromatic nitrogens is 2. The molecule has 0 aliphatic carbocycles. The summed E-state index contributed by atoms with van der Waals surface area (Å²) in [7, 11) is 0. The Morgan fingerprint density at radius 2 is 1.95 bits per heavy atom. The molecule has 0 aliphatic heterocycles. The zero-order chi connectivity index (χ0) is 14.9. The number of halogens is 1. The molecule has 0 bridgehead atoms. The van der Waals surface area contributed by atoms with Crippen molar-refractivity contribution in [1.29, 1.82) is 0 Å². The van der Waals surface area contributed by atoms with Gasteiger partial charge in [-0.3, -0.25) is 0 Å². The summed E-state index contributed by atoms with van der Waals surface area (Å²) in [6.07, 6.45) is 13.3. The Bertz CT molecular complexity index is 523. The molecule has 21 heavy (non-hydrogen) atoms. The second-order valence-electron chi connectivity index (χ2n) is 5.30. The maximum absolute atomic E-state index is 6.33. The highest BCUT2D eigenvalue weighted by Crippen LogP contribution is 2.28. The van der Waals surface area contributed by atoms with E-state index >= 15 is 0 Å². The first-order valence-corrected chi connectivity index (χ1v) is 8.21. The van der Waals surface area contributed by atoms with Crippen molar-refractivity contribution in [2.24, 2.45) is 0 Å². The Kier molecular flexibility index (Phi) is 6.61. The van der Waals surface area contributed by atoms with Crippen LogP contribution in [0.1, 0.15) is 45.4 Å². The van der Waals surface area contributed by atoms with Gasteiger partial charge in [-0.25, -0.2) is 4.98 Å². The second kappa shape index (κ2) is 8.73. The summed E-state index contributed by atoms with van der Waals surface area (Å²) < 4.78 is 1.95. The van der Waals surface area contributed by atoms with Crippen LogP contribution in [-0.4, -0.2) is 16.1 Å². The summed E-state index contributed by atoms with van der Waals surface area (Å²) >= 11 is 6.33. The number of hydrogen-bond donors (Lipinski definition) is 1. The van der Waals surface area contributed by atoms with Crippen molar-refractivity contribution in [3.8, 4) is 5.69 Å². The first-order valence-electron chi connectivity index (χ1n) is 7.83. The summed E-state index contributed by atoms with van der Waals surface area (Å²) in [4.78, 5) is 4.10. The van der Waals surface area contributed by atoms with Crippen molar-refractivity contribution in [3.05, 3.63) is 41.9 Å². The van der Waals surface area contributed by atoms with Gasteiger partial charge >= 0.3 is 0 Å². The molecule has 2 rings (SSSR count). The van der Waals surface area contributed by atoms with E-state index in [4.69, 9.17) is 11.6 Å². The van der Waals surface area contributed by atoms with Crippen molar-refractivity contribution in [3.63, 3.8) is 0 Å². The highest BCUT2D eigenvalue weighted by atomic mass is 35.5. The number of hydrogen-bond acceptors (Lipinski definition) is 2. The summed E-state index contributed by atoms with van der Waals surface area (Å²) in [5.41, 5.74) is 2.04. The van der Waals surface area contributed by atoms with E-state index in [9.17, 15) is 0 Å². The average molecular weight is 306 g/mol. The quantitative estimate of drug-likeness (QED) is 0.637. The Labute approximate surface area is 132 Å². The predicted molar refractivity (Wildman–Crippen MR) is 90.4 cm³/mol. The van der Waals surface area contributed by atoms with E-state index in [-0.39, 0.29) is 0 Å². The van der Waals surface area contributed by atoms with Crippen LogP contribution < -0.4 is 5.32 Å². The van der Waals surface area contributed by atoms with Crippen molar-refractivity contribution in [2.45, 2.75) is 45.4 Å². The molecule has 1 aromatic heterocycles. The van der Waals surface area contributed by atoms with Gasteiger partial charge in [-0.05, 0) is 18.6 Å². The lowest BCUT2D eigenvalue weighted by Gasteiger charge is -2.14. The van der Waals surface area contributed by atoms with Gasteiger partial charge in [0.05, 0.1) is 22.7 Å². The molecule has 0 atom stereocenters. The summed E-state index contributed by atoms with van der Waals surface area (Å²) in [6.45, 7) is 3.23. The molecule has 0 fully saturated rings. The first kappa shape index (κ1) is 15.9. The Balaban J connectivity index is 1.88. The van der Waals surface area contributed by atoms with Crippen molar-refractivity contribution in [2.75, 3.05) is 11.9 Å². The van der Waals surface area contributed by atoms with Crippen LogP contribution in [-0.2, 0) is 0 Å². The third-order valence-corrected chi connectivity index (χ3v) is 3.90. The number of para-hydroxylation sites is 1. The maximum atomic E-state index is 6.33. The van der Waals surface area contributed by atoms with Gasteiger partial charge in [-0.15, -0.1) is 0 Å². The van der Waals surface area contributed by atoms with Crippen LogP contribution in [0.15, 0.2) is 36.9 Å².